The lowest BCUT2D eigenvalue weighted by molar-refractivity contribution is -0.127. The van der Waals surface area contributed by atoms with Crippen LogP contribution in [-0.2, 0) is 16.2 Å². The lowest BCUT2D eigenvalue weighted by atomic mass is 10.1. The minimum atomic E-state index is -0.560. The summed E-state index contributed by atoms with van der Waals surface area (Å²) in [6.45, 7) is 5.87. The van der Waals surface area contributed by atoms with Crippen molar-refractivity contribution in [3.8, 4) is 11.5 Å². The highest BCUT2D eigenvalue weighted by Crippen LogP contribution is 2.22. The molecule has 0 heterocycles. The maximum absolute atomic E-state index is 11.9. The van der Waals surface area contributed by atoms with Crippen LogP contribution in [0.2, 0.25) is 0 Å². The van der Waals surface area contributed by atoms with Crippen LogP contribution in [0.5, 0.6) is 11.5 Å². The fraction of sp³-hybridized carbons (Fsp3) is 0.263. The third-order valence-corrected chi connectivity index (χ3v) is 3.29. The monoisotopic (exact) mass is 327 g/mol. The van der Waals surface area contributed by atoms with Crippen LogP contribution in [0.25, 0.3) is 0 Å². The highest BCUT2D eigenvalue weighted by Gasteiger charge is 2.13. The van der Waals surface area contributed by atoms with Gasteiger partial charge >= 0.3 is 5.97 Å². The van der Waals surface area contributed by atoms with Gasteiger partial charge in [-0.25, -0.2) is 4.79 Å². The largest absolute Gasteiger partial charge is 0.489 e. The Morgan fingerprint density at radius 3 is 2.42 bits per heavy atom. The first-order chi connectivity index (χ1) is 11.5. The van der Waals surface area contributed by atoms with E-state index in [1.165, 1.54) is 14.0 Å². The average molecular weight is 327 g/mol. The molecule has 0 aliphatic rings. The van der Waals surface area contributed by atoms with E-state index >= 15 is 0 Å². The van der Waals surface area contributed by atoms with Crippen molar-refractivity contribution in [1.82, 2.24) is 0 Å². The van der Waals surface area contributed by atoms with E-state index in [0.717, 1.165) is 22.4 Å². The van der Waals surface area contributed by atoms with E-state index in [1.807, 2.05) is 38.1 Å². The predicted molar refractivity (Wildman–Crippen MR) is 92.4 cm³/mol. The number of carbonyl (C=O) groups is 1. The molecule has 0 atom stereocenters. The van der Waals surface area contributed by atoms with Crippen molar-refractivity contribution < 1.29 is 19.1 Å². The minimum Gasteiger partial charge on any atom is -0.489 e. The van der Waals surface area contributed by atoms with E-state index in [9.17, 15) is 4.79 Å². The molecule has 0 radical (unpaired) electrons. The van der Waals surface area contributed by atoms with Crippen LogP contribution >= 0.6 is 0 Å². The molecule has 2 rings (SSSR count). The fourth-order valence-corrected chi connectivity index (χ4v) is 2.25. The Morgan fingerprint density at radius 2 is 1.75 bits per heavy atom. The number of rotatable bonds is 6. The van der Waals surface area contributed by atoms with Crippen molar-refractivity contribution >= 4 is 11.7 Å². The van der Waals surface area contributed by atoms with Crippen molar-refractivity contribution in [3.05, 3.63) is 59.2 Å². The Kier molecular flexibility index (Phi) is 5.95. The number of esters is 1. The Bertz CT molecular complexity index is 733. The number of hydrogen-bond donors (Lipinski definition) is 0. The Hall–Kier alpha value is -2.82. The molecule has 5 heteroatoms. The van der Waals surface area contributed by atoms with Gasteiger partial charge in [-0.1, -0.05) is 29.4 Å². The number of hydrogen-bond acceptors (Lipinski definition) is 5. The molecule has 0 aromatic heterocycles. The van der Waals surface area contributed by atoms with E-state index in [2.05, 4.69) is 16.1 Å². The number of para-hydroxylation sites is 1. The molecule has 0 saturated carbocycles. The number of nitrogens with zero attached hydrogens (tertiary/aromatic N) is 1. The highest BCUT2D eigenvalue weighted by molar-refractivity contribution is 6.35. The van der Waals surface area contributed by atoms with Crippen molar-refractivity contribution in [2.24, 2.45) is 5.16 Å². The maximum Gasteiger partial charge on any atom is 0.361 e. The van der Waals surface area contributed by atoms with Gasteiger partial charge in [-0.2, -0.15) is 0 Å². The molecular formula is C19H21NO4. The molecule has 0 aliphatic carbocycles. The predicted octanol–water partition coefficient (Wildman–Crippen LogP) is 3.81. The second kappa shape index (κ2) is 8.15. The lowest BCUT2D eigenvalue weighted by Crippen LogP contribution is -2.18. The summed E-state index contributed by atoms with van der Waals surface area (Å²) in [6, 6.07) is 13.3. The summed E-state index contributed by atoms with van der Waals surface area (Å²) >= 11 is 0. The summed E-state index contributed by atoms with van der Waals surface area (Å²) in [4.78, 5) is 16.5. The number of carbonyl (C=O) groups excluding carboxylic acids is 1. The zero-order valence-electron chi connectivity index (χ0n) is 14.3. The van der Waals surface area contributed by atoms with Gasteiger partial charge in [0.05, 0.1) is 0 Å². The van der Waals surface area contributed by atoms with Crippen molar-refractivity contribution in [1.29, 1.82) is 0 Å². The molecule has 0 bridgehead atoms. The number of ether oxygens (including phenoxy) is 2. The summed E-state index contributed by atoms with van der Waals surface area (Å²) in [6.07, 6.45) is 0. The summed E-state index contributed by atoms with van der Waals surface area (Å²) in [5.41, 5.74) is 3.19. The molecule has 0 N–H and O–H groups in total. The standard InChI is InChI=1S/C19H21NO4/c1-13-9-14(2)11-17(10-13)23-12-16-7-5-6-8-18(16)24-19(21)15(3)20-22-4/h5-11H,12H2,1-4H3. The van der Waals surface area contributed by atoms with Gasteiger partial charge in [-0.05, 0) is 50.1 Å². The molecule has 0 spiro atoms. The molecule has 0 amide bonds. The average Bonchev–Trinajstić information content (AvgIpc) is 2.53. The van der Waals surface area contributed by atoms with Crippen LogP contribution in [0.4, 0.5) is 0 Å². The van der Waals surface area contributed by atoms with Gasteiger partial charge in [0.2, 0.25) is 0 Å². The number of aryl methyl sites for hydroxylation is 2. The topological polar surface area (TPSA) is 57.1 Å². The van der Waals surface area contributed by atoms with E-state index in [0.29, 0.717) is 12.4 Å². The lowest BCUT2D eigenvalue weighted by Gasteiger charge is -2.12. The van der Waals surface area contributed by atoms with Gasteiger partial charge in [0, 0.05) is 5.56 Å². The molecule has 2 aromatic rings. The van der Waals surface area contributed by atoms with E-state index < -0.39 is 5.97 Å². The Labute approximate surface area is 141 Å². The fourth-order valence-electron chi connectivity index (χ4n) is 2.25. The van der Waals surface area contributed by atoms with Crippen LogP contribution in [0, 0.1) is 13.8 Å². The number of benzene rings is 2. The van der Waals surface area contributed by atoms with Crippen LogP contribution in [-0.4, -0.2) is 18.8 Å². The summed E-state index contributed by atoms with van der Waals surface area (Å²) in [5.74, 6) is 0.666. The first kappa shape index (κ1) is 17.5. The molecule has 0 aliphatic heterocycles. The van der Waals surface area contributed by atoms with Crippen LogP contribution < -0.4 is 9.47 Å². The molecular weight excluding hydrogens is 306 g/mol. The molecule has 0 saturated heterocycles. The van der Waals surface area contributed by atoms with Crippen molar-refractivity contribution in [2.75, 3.05) is 7.11 Å². The molecule has 126 valence electrons. The first-order valence-electron chi connectivity index (χ1n) is 7.58. The zero-order valence-corrected chi connectivity index (χ0v) is 14.3. The minimum absolute atomic E-state index is 0.141. The molecule has 5 nitrogen and oxygen atoms in total. The quantitative estimate of drug-likeness (QED) is 0.350. The normalized spacial score (nSPS) is 11.1. The smallest absolute Gasteiger partial charge is 0.361 e. The molecule has 24 heavy (non-hydrogen) atoms. The Balaban J connectivity index is 2.11. The van der Waals surface area contributed by atoms with Crippen molar-refractivity contribution in [2.45, 2.75) is 27.4 Å². The molecule has 0 fully saturated rings. The van der Waals surface area contributed by atoms with Crippen molar-refractivity contribution in [3.63, 3.8) is 0 Å². The SMILES string of the molecule is CON=C(C)C(=O)Oc1ccccc1COc1cc(C)cc(C)c1. The second-order valence-corrected chi connectivity index (χ2v) is 5.47. The molecule has 2 aromatic carbocycles. The van der Waals surface area contributed by atoms with Gasteiger partial charge in [-0.15, -0.1) is 0 Å². The summed E-state index contributed by atoms with van der Waals surface area (Å²) in [7, 11) is 1.38. The van der Waals surface area contributed by atoms with Gasteiger partial charge in [-0.3, -0.25) is 0 Å². The van der Waals surface area contributed by atoms with Gasteiger partial charge in [0.1, 0.15) is 25.2 Å². The van der Waals surface area contributed by atoms with Gasteiger partial charge in [0.25, 0.3) is 0 Å². The van der Waals surface area contributed by atoms with Gasteiger partial charge in [0.15, 0.2) is 5.71 Å². The van der Waals surface area contributed by atoms with Crippen LogP contribution in [0.15, 0.2) is 47.6 Å². The third-order valence-electron chi connectivity index (χ3n) is 3.29. The zero-order chi connectivity index (χ0) is 17.5. The third kappa shape index (κ3) is 4.84. The molecule has 0 unspecified atom stereocenters. The van der Waals surface area contributed by atoms with E-state index in [1.54, 1.807) is 12.1 Å². The second-order valence-electron chi connectivity index (χ2n) is 5.47. The maximum atomic E-state index is 11.9. The summed E-state index contributed by atoms with van der Waals surface area (Å²) in [5, 5.41) is 3.57. The first-order valence-corrected chi connectivity index (χ1v) is 7.58. The van der Waals surface area contributed by atoms with Crippen LogP contribution in [0.3, 0.4) is 0 Å². The van der Waals surface area contributed by atoms with Crippen LogP contribution in [0.1, 0.15) is 23.6 Å². The highest BCUT2D eigenvalue weighted by atomic mass is 16.6. The Morgan fingerprint density at radius 1 is 1.08 bits per heavy atom. The summed E-state index contributed by atoms with van der Waals surface area (Å²) < 4.78 is 11.2. The van der Waals surface area contributed by atoms with Gasteiger partial charge < -0.3 is 14.3 Å². The van der Waals surface area contributed by atoms with E-state index in [-0.39, 0.29) is 5.71 Å². The number of oxime groups is 1. The van der Waals surface area contributed by atoms with E-state index in [4.69, 9.17) is 9.47 Å².